The molecule has 1 aromatic heterocycles. The second-order valence-corrected chi connectivity index (χ2v) is 5.56. The largest absolute Gasteiger partial charge is 0.494 e. The Balaban J connectivity index is 1.99. The number of hydrogen-bond donors (Lipinski definition) is 1. The van der Waals surface area contributed by atoms with Crippen LogP contribution >= 0.6 is 11.3 Å². The Morgan fingerprint density at radius 3 is 3.00 bits per heavy atom. The smallest absolute Gasteiger partial charge is 0.308 e. The molecule has 1 aromatic carbocycles. The van der Waals surface area contributed by atoms with E-state index in [1.807, 2.05) is 12.1 Å². The summed E-state index contributed by atoms with van der Waals surface area (Å²) in [6, 6.07) is 5.56. The van der Waals surface area contributed by atoms with Crippen molar-refractivity contribution in [1.29, 1.82) is 0 Å². The highest BCUT2D eigenvalue weighted by Crippen LogP contribution is 2.36. The Labute approximate surface area is 118 Å². The van der Waals surface area contributed by atoms with Crippen LogP contribution in [-0.2, 0) is 9.59 Å². The maximum Gasteiger partial charge on any atom is 0.308 e. The molecule has 3 rings (SSSR count). The van der Waals surface area contributed by atoms with E-state index >= 15 is 0 Å². The molecule has 0 saturated carbocycles. The molecule has 7 heteroatoms. The minimum atomic E-state index is -0.945. The lowest BCUT2D eigenvalue weighted by molar-refractivity contribution is -0.141. The van der Waals surface area contributed by atoms with Gasteiger partial charge in [0, 0.05) is 13.0 Å². The van der Waals surface area contributed by atoms with Crippen molar-refractivity contribution in [2.75, 3.05) is 18.6 Å². The van der Waals surface area contributed by atoms with E-state index in [1.54, 1.807) is 13.2 Å². The van der Waals surface area contributed by atoms with E-state index in [0.717, 1.165) is 4.70 Å². The quantitative estimate of drug-likeness (QED) is 0.932. The monoisotopic (exact) mass is 292 g/mol. The van der Waals surface area contributed by atoms with Crippen LogP contribution in [0.25, 0.3) is 10.2 Å². The van der Waals surface area contributed by atoms with Gasteiger partial charge in [0.05, 0.1) is 17.7 Å². The lowest BCUT2D eigenvalue weighted by Gasteiger charge is -2.11. The van der Waals surface area contributed by atoms with Gasteiger partial charge in [-0.1, -0.05) is 17.4 Å². The number of ether oxygens (including phenoxy) is 1. The molecular weight excluding hydrogens is 280 g/mol. The average Bonchev–Trinajstić information content (AvgIpc) is 3.01. The lowest BCUT2D eigenvalue weighted by atomic mass is 10.1. The van der Waals surface area contributed by atoms with Gasteiger partial charge < -0.3 is 9.84 Å². The fourth-order valence-electron chi connectivity index (χ4n) is 2.25. The van der Waals surface area contributed by atoms with Gasteiger partial charge in [0.1, 0.15) is 11.3 Å². The Morgan fingerprint density at radius 1 is 1.55 bits per heavy atom. The van der Waals surface area contributed by atoms with Crippen LogP contribution in [0.2, 0.25) is 0 Å². The third-order valence-corrected chi connectivity index (χ3v) is 4.34. The van der Waals surface area contributed by atoms with Gasteiger partial charge in [0.2, 0.25) is 5.91 Å². The maximum atomic E-state index is 11.9. The highest BCUT2D eigenvalue weighted by molar-refractivity contribution is 7.22. The first kappa shape index (κ1) is 12.9. The fourth-order valence-corrected chi connectivity index (χ4v) is 3.26. The summed E-state index contributed by atoms with van der Waals surface area (Å²) in [6.45, 7) is 0.177. The van der Waals surface area contributed by atoms with Crippen molar-refractivity contribution < 1.29 is 19.4 Å². The zero-order valence-corrected chi connectivity index (χ0v) is 11.5. The number of amides is 1. The molecule has 20 heavy (non-hydrogen) atoms. The second kappa shape index (κ2) is 4.75. The van der Waals surface area contributed by atoms with Crippen molar-refractivity contribution in [1.82, 2.24) is 4.98 Å². The van der Waals surface area contributed by atoms with Crippen LogP contribution in [0.3, 0.4) is 0 Å². The number of carboxylic acids is 1. The zero-order valence-electron chi connectivity index (χ0n) is 10.7. The van der Waals surface area contributed by atoms with Gasteiger partial charge in [-0.15, -0.1) is 0 Å². The number of aliphatic carboxylic acids is 1. The maximum absolute atomic E-state index is 11.9. The molecule has 1 aliphatic heterocycles. The second-order valence-electron chi connectivity index (χ2n) is 4.55. The molecule has 0 spiro atoms. The molecule has 1 amide bonds. The number of fused-ring (bicyclic) bond motifs is 1. The summed E-state index contributed by atoms with van der Waals surface area (Å²) in [5.41, 5.74) is 0.696. The highest BCUT2D eigenvalue weighted by Gasteiger charge is 2.36. The molecule has 2 aromatic rings. The number of thiazole rings is 1. The van der Waals surface area contributed by atoms with E-state index in [0.29, 0.717) is 16.4 Å². The molecule has 104 valence electrons. The van der Waals surface area contributed by atoms with E-state index in [1.165, 1.54) is 16.2 Å². The number of para-hydroxylation sites is 1. The molecule has 6 nitrogen and oxygen atoms in total. The van der Waals surface area contributed by atoms with Crippen molar-refractivity contribution in [2.45, 2.75) is 6.42 Å². The number of rotatable bonds is 3. The number of benzene rings is 1. The minimum absolute atomic E-state index is 0.0302. The third kappa shape index (κ3) is 2.00. The van der Waals surface area contributed by atoms with E-state index in [-0.39, 0.29) is 18.9 Å². The summed E-state index contributed by atoms with van der Waals surface area (Å²) in [5.74, 6) is -1.15. The van der Waals surface area contributed by atoms with Gasteiger partial charge in [-0.05, 0) is 12.1 Å². The number of carboxylic acid groups (broad SMARTS) is 1. The van der Waals surface area contributed by atoms with Crippen LogP contribution < -0.4 is 9.64 Å². The molecule has 1 atom stereocenters. The van der Waals surface area contributed by atoms with Gasteiger partial charge in [0.15, 0.2) is 5.13 Å². The number of nitrogens with zero attached hydrogens (tertiary/aromatic N) is 2. The Hall–Kier alpha value is -2.15. The third-order valence-electron chi connectivity index (χ3n) is 3.30. The van der Waals surface area contributed by atoms with Gasteiger partial charge in [-0.2, -0.15) is 0 Å². The van der Waals surface area contributed by atoms with Crippen molar-refractivity contribution in [2.24, 2.45) is 5.92 Å². The summed E-state index contributed by atoms with van der Waals surface area (Å²) in [5, 5.41) is 9.53. The predicted molar refractivity (Wildman–Crippen MR) is 74.3 cm³/mol. The van der Waals surface area contributed by atoms with Gasteiger partial charge >= 0.3 is 5.97 Å². The molecule has 1 aliphatic rings. The van der Waals surface area contributed by atoms with E-state index in [9.17, 15) is 9.59 Å². The van der Waals surface area contributed by atoms with Crippen molar-refractivity contribution in [3.8, 4) is 5.75 Å². The van der Waals surface area contributed by atoms with Gasteiger partial charge in [-0.3, -0.25) is 14.5 Å². The number of methoxy groups -OCH3 is 1. The molecule has 1 N–H and O–H groups in total. The van der Waals surface area contributed by atoms with Crippen LogP contribution in [0, 0.1) is 5.92 Å². The summed E-state index contributed by atoms with van der Waals surface area (Å²) >= 11 is 1.36. The first-order valence-electron chi connectivity index (χ1n) is 6.07. The van der Waals surface area contributed by atoms with Crippen molar-refractivity contribution in [3.05, 3.63) is 18.2 Å². The molecular formula is C13H12N2O4S. The zero-order chi connectivity index (χ0) is 14.3. The number of carbonyl (C=O) groups is 2. The normalized spacial score (nSPS) is 18.8. The molecule has 0 aliphatic carbocycles. The SMILES string of the molecule is COc1cccc2sc(N3CC(C(=O)O)CC3=O)nc12. The molecule has 1 unspecified atom stereocenters. The number of carbonyl (C=O) groups excluding carboxylic acids is 1. The highest BCUT2D eigenvalue weighted by atomic mass is 32.1. The fraction of sp³-hybridized carbons (Fsp3) is 0.308. The van der Waals surface area contributed by atoms with E-state index < -0.39 is 11.9 Å². The van der Waals surface area contributed by atoms with Crippen LogP contribution in [0.1, 0.15) is 6.42 Å². The molecule has 1 saturated heterocycles. The number of anilines is 1. The standard InChI is InChI=1S/C13H12N2O4S/c1-19-8-3-2-4-9-11(8)14-13(20-9)15-6-7(12(17)18)5-10(15)16/h2-4,7H,5-6H2,1H3,(H,17,18). The van der Waals surface area contributed by atoms with Crippen molar-refractivity contribution in [3.63, 3.8) is 0 Å². The molecule has 1 fully saturated rings. The lowest BCUT2D eigenvalue weighted by Crippen LogP contribution is -2.25. The van der Waals surface area contributed by atoms with Crippen LogP contribution in [0.4, 0.5) is 5.13 Å². The average molecular weight is 292 g/mol. The molecule has 0 bridgehead atoms. The van der Waals surface area contributed by atoms with Crippen LogP contribution in [0.5, 0.6) is 5.75 Å². The first-order valence-corrected chi connectivity index (χ1v) is 6.88. The number of aromatic nitrogens is 1. The summed E-state index contributed by atoms with van der Waals surface area (Å²) in [7, 11) is 1.56. The van der Waals surface area contributed by atoms with E-state index in [4.69, 9.17) is 9.84 Å². The molecule has 2 heterocycles. The van der Waals surface area contributed by atoms with Crippen LogP contribution in [-0.4, -0.2) is 35.6 Å². The topological polar surface area (TPSA) is 79.7 Å². The Morgan fingerprint density at radius 2 is 2.35 bits per heavy atom. The number of hydrogen-bond acceptors (Lipinski definition) is 5. The summed E-state index contributed by atoms with van der Waals surface area (Å²) in [6.07, 6.45) is 0.0302. The first-order chi connectivity index (χ1) is 9.60. The summed E-state index contributed by atoms with van der Waals surface area (Å²) in [4.78, 5) is 28.8. The van der Waals surface area contributed by atoms with Crippen molar-refractivity contribution >= 4 is 38.6 Å². The van der Waals surface area contributed by atoms with E-state index in [2.05, 4.69) is 4.98 Å². The predicted octanol–water partition coefficient (Wildman–Crippen LogP) is 1.74. The minimum Gasteiger partial charge on any atom is -0.494 e. The Kier molecular flexibility index (Phi) is 3.06. The Bertz CT molecular complexity index is 697. The molecule has 0 radical (unpaired) electrons. The summed E-state index contributed by atoms with van der Waals surface area (Å²) < 4.78 is 6.14. The van der Waals surface area contributed by atoms with Gasteiger partial charge in [-0.25, -0.2) is 4.98 Å². The van der Waals surface area contributed by atoms with Crippen LogP contribution in [0.15, 0.2) is 18.2 Å². The van der Waals surface area contributed by atoms with Gasteiger partial charge in [0.25, 0.3) is 0 Å².